The topological polar surface area (TPSA) is 72.6 Å². The number of rotatable bonds is 7. The molecule has 3 aromatic carbocycles. The number of tetrazole rings is 1. The molecule has 2 heterocycles. The summed E-state index contributed by atoms with van der Waals surface area (Å²) in [6.45, 7) is 2.82. The zero-order chi connectivity index (χ0) is 22.6. The van der Waals surface area contributed by atoms with E-state index >= 15 is 0 Å². The minimum absolute atomic E-state index is 0.0508. The summed E-state index contributed by atoms with van der Waals surface area (Å²) < 4.78 is 7.48. The Hall–Kier alpha value is -4.26. The van der Waals surface area contributed by atoms with Crippen LogP contribution in [0.3, 0.4) is 0 Å². The number of ether oxygens (including phenoxy) is 1. The maximum atomic E-state index is 13.3. The van der Waals surface area contributed by atoms with E-state index in [1.807, 2.05) is 72.8 Å². The minimum atomic E-state index is -0.113. The Labute approximate surface area is 191 Å². The van der Waals surface area contributed by atoms with Crippen LogP contribution in [0.4, 0.5) is 0 Å². The number of carbonyl (C=O) groups excluding carboxylic acids is 1. The van der Waals surface area contributed by atoms with Gasteiger partial charge in [0.1, 0.15) is 5.75 Å². The van der Waals surface area contributed by atoms with Crippen LogP contribution in [-0.2, 0) is 17.9 Å². The Morgan fingerprint density at radius 1 is 0.939 bits per heavy atom. The van der Waals surface area contributed by atoms with E-state index in [-0.39, 0.29) is 12.5 Å². The Morgan fingerprint density at radius 2 is 1.70 bits per heavy atom. The molecule has 0 N–H and O–H groups in total. The van der Waals surface area contributed by atoms with E-state index in [1.54, 1.807) is 9.42 Å². The van der Waals surface area contributed by atoms with Gasteiger partial charge in [0.25, 0.3) is 5.91 Å². The molecular formula is C26H23N5O2. The number of para-hydroxylation sites is 1. The van der Waals surface area contributed by atoms with Crippen molar-refractivity contribution in [1.29, 1.82) is 0 Å². The lowest BCUT2D eigenvalue weighted by atomic mass is 10.1. The van der Waals surface area contributed by atoms with Crippen molar-refractivity contribution >= 4 is 22.5 Å². The molecule has 0 saturated heterocycles. The number of benzene rings is 3. The molecule has 7 nitrogen and oxygen atoms in total. The summed E-state index contributed by atoms with van der Waals surface area (Å²) in [4.78, 5) is 15.0. The molecule has 0 spiro atoms. The highest BCUT2D eigenvalue weighted by molar-refractivity contribution is 5.84. The molecule has 0 aliphatic heterocycles. The predicted octanol–water partition coefficient (Wildman–Crippen LogP) is 4.19. The van der Waals surface area contributed by atoms with Gasteiger partial charge in [-0.25, -0.2) is 0 Å². The van der Waals surface area contributed by atoms with Gasteiger partial charge in [-0.05, 0) is 53.2 Å². The molecule has 0 aliphatic rings. The molecule has 5 rings (SSSR count). The fourth-order valence-corrected chi connectivity index (χ4v) is 3.90. The van der Waals surface area contributed by atoms with E-state index in [1.165, 1.54) is 0 Å². The van der Waals surface area contributed by atoms with Crippen molar-refractivity contribution < 1.29 is 9.53 Å². The van der Waals surface area contributed by atoms with Crippen molar-refractivity contribution in [2.24, 2.45) is 0 Å². The molecule has 7 heteroatoms. The van der Waals surface area contributed by atoms with Gasteiger partial charge >= 0.3 is 0 Å². The van der Waals surface area contributed by atoms with Gasteiger partial charge in [0.05, 0.1) is 5.52 Å². The average Bonchev–Trinajstić information content (AvgIpc) is 3.34. The second kappa shape index (κ2) is 9.08. The summed E-state index contributed by atoms with van der Waals surface area (Å²) in [7, 11) is 0. The average molecular weight is 438 g/mol. The molecule has 0 atom stereocenters. The normalized spacial score (nSPS) is 11.1. The van der Waals surface area contributed by atoms with Crippen LogP contribution in [0.2, 0.25) is 0 Å². The van der Waals surface area contributed by atoms with E-state index in [0.29, 0.717) is 24.5 Å². The summed E-state index contributed by atoms with van der Waals surface area (Å²) in [5, 5.41) is 13.3. The van der Waals surface area contributed by atoms with E-state index in [2.05, 4.69) is 34.6 Å². The largest absolute Gasteiger partial charge is 0.484 e. The number of hydrogen-bond acceptors (Lipinski definition) is 5. The van der Waals surface area contributed by atoms with Gasteiger partial charge in [-0.3, -0.25) is 4.79 Å². The summed E-state index contributed by atoms with van der Waals surface area (Å²) in [5.41, 5.74) is 4.63. The lowest BCUT2D eigenvalue weighted by molar-refractivity contribution is -0.134. The molecule has 33 heavy (non-hydrogen) atoms. The highest BCUT2D eigenvalue weighted by Gasteiger charge is 2.19. The van der Waals surface area contributed by atoms with Crippen LogP contribution in [-0.4, -0.2) is 37.5 Å². The molecule has 5 aromatic rings. The minimum Gasteiger partial charge on any atom is -0.484 e. The monoisotopic (exact) mass is 437 g/mol. The van der Waals surface area contributed by atoms with Gasteiger partial charge < -0.3 is 9.64 Å². The standard InChI is InChI=1S/C26H23N5O2/c1-19-12-13-24-21(14-19)15-22(26-27-28-29-31(24)26)17-30(16-20-8-4-2-5-9-20)25(32)18-33-23-10-6-3-7-11-23/h2-15H,16-18H2,1H3. The number of hydrogen-bond donors (Lipinski definition) is 0. The van der Waals surface area contributed by atoms with Gasteiger partial charge in [-0.1, -0.05) is 60.2 Å². The highest BCUT2D eigenvalue weighted by Crippen LogP contribution is 2.22. The fraction of sp³-hybridized carbons (Fsp3) is 0.154. The van der Waals surface area contributed by atoms with Crippen LogP contribution in [0.15, 0.2) is 84.9 Å². The van der Waals surface area contributed by atoms with Crippen molar-refractivity contribution in [2.75, 3.05) is 6.61 Å². The SMILES string of the molecule is Cc1ccc2c(c1)cc(CN(Cc1ccccc1)C(=O)COc1ccccc1)c1nnnn12. The van der Waals surface area contributed by atoms with Crippen molar-refractivity contribution in [1.82, 2.24) is 24.9 Å². The molecule has 164 valence electrons. The zero-order valence-electron chi connectivity index (χ0n) is 18.3. The first kappa shape index (κ1) is 20.6. The highest BCUT2D eigenvalue weighted by atomic mass is 16.5. The van der Waals surface area contributed by atoms with Gasteiger partial charge in [-0.15, -0.1) is 5.10 Å². The number of aromatic nitrogens is 4. The van der Waals surface area contributed by atoms with Crippen LogP contribution in [0, 0.1) is 6.92 Å². The van der Waals surface area contributed by atoms with Gasteiger partial charge in [0.15, 0.2) is 12.3 Å². The van der Waals surface area contributed by atoms with Crippen LogP contribution in [0.25, 0.3) is 16.6 Å². The Kier molecular flexibility index (Phi) is 5.68. The summed E-state index contributed by atoms with van der Waals surface area (Å²) in [6.07, 6.45) is 0. The first-order valence-corrected chi connectivity index (χ1v) is 10.8. The maximum absolute atomic E-state index is 13.3. The number of aryl methyl sites for hydroxylation is 1. The van der Waals surface area contributed by atoms with E-state index < -0.39 is 0 Å². The van der Waals surface area contributed by atoms with E-state index in [9.17, 15) is 4.79 Å². The van der Waals surface area contributed by atoms with Gasteiger partial charge in [-0.2, -0.15) is 4.52 Å². The summed E-state index contributed by atoms with van der Waals surface area (Å²) in [6, 6.07) is 27.5. The number of fused-ring (bicyclic) bond motifs is 3. The van der Waals surface area contributed by atoms with E-state index in [0.717, 1.165) is 27.6 Å². The summed E-state index contributed by atoms with van der Waals surface area (Å²) >= 11 is 0. The zero-order valence-corrected chi connectivity index (χ0v) is 18.3. The lowest BCUT2D eigenvalue weighted by Gasteiger charge is -2.23. The first-order valence-electron chi connectivity index (χ1n) is 10.8. The maximum Gasteiger partial charge on any atom is 0.261 e. The Bertz CT molecular complexity index is 1400. The smallest absolute Gasteiger partial charge is 0.261 e. The molecular weight excluding hydrogens is 414 g/mol. The third-order valence-corrected chi connectivity index (χ3v) is 5.53. The molecule has 0 fully saturated rings. The van der Waals surface area contributed by atoms with Gasteiger partial charge in [0.2, 0.25) is 0 Å². The Balaban J connectivity index is 1.47. The molecule has 1 amide bonds. The van der Waals surface area contributed by atoms with Crippen molar-refractivity contribution in [3.63, 3.8) is 0 Å². The lowest BCUT2D eigenvalue weighted by Crippen LogP contribution is -2.34. The van der Waals surface area contributed by atoms with E-state index in [4.69, 9.17) is 4.74 Å². The van der Waals surface area contributed by atoms with Crippen LogP contribution in [0.1, 0.15) is 16.7 Å². The molecule has 0 aliphatic carbocycles. The summed E-state index contributed by atoms with van der Waals surface area (Å²) in [5.74, 6) is 0.549. The second-order valence-electron chi connectivity index (χ2n) is 7.98. The van der Waals surface area contributed by atoms with Crippen LogP contribution < -0.4 is 4.74 Å². The van der Waals surface area contributed by atoms with Gasteiger partial charge in [0, 0.05) is 24.0 Å². The third-order valence-electron chi connectivity index (χ3n) is 5.53. The molecule has 0 saturated carbocycles. The Morgan fingerprint density at radius 3 is 2.48 bits per heavy atom. The molecule has 0 unspecified atom stereocenters. The molecule has 2 aromatic heterocycles. The number of pyridine rings is 1. The van der Waals surface area contributed by atoms with Crippen LogP contribution in [0.5, 0.6) is 5.75 Å². The molecule has 0 bridgehead atoms. The van der Waals surface area contributed by atoms with Crippen LogP contribution >= 0.6 is 0 Å². The fourth-order valence-electron chi connectivity index (χ4n) is 3.90. The quantitative estimate of drug-likeness (QED) is 0.382. The van der Waals surface area contributed by atoms with Crippen molar-refractivity contribution in [2.45, 2.75) is 20.0 Å². The number of nitrogens with zero attached hydrogens (tertiary/aromatic N) is 5. The molecule has 0 radical (unpaired) electrons. The second-order valence-corrected chi connectivity index (χ2v) is 7.98. The first-order chi connectivity index (χ1) is 16.2. The van der Waals surface area contributed by atoms with Crippen molar-refractivity contribution in [3.8, 4) is 5.75 Å². The third kappa shape index (κ3) is 4.52. The number of carbonyl (C=O) groups is 1. The predicted molar refractivity (Wildman–Crippen MR) is 126 cm³/mol. The van der Waals surface area contributed by atoms with Crippen molar-refractivity contribution in [3.05, 3.63) is 102 Å². The number of amides is 1.